The fraction of sp³-hybridized carbons (Fsp3) is 0.350. The SMILES string of the molecule is COC(=O)[C@]1(c2cc(C)ccc2OC)C[C@H](c2ccccc2)CO1. The lowest BCUT2D eigenvalue weighted by molar-refractivity contribution is -0.165. The molecule has 0 aliphatic carbocycles. The minimum absolute atomic E-state index is 0.135. The van der Waals surface area contributed by atoms with E-state index in [9.17, 15) is 4.79 Å². The second-order valence-electron chi connectivity index (χ2n) is 6.15. The highest BCUT2D eigenvalue weighted by molar-refractivity contribution is 5.83. The standard InChI is InChI=1S/C20H22O4/c1-14-9-10-18(22-2)17(11-14)20(19(21)23-3)12-16(13-24-20)15-7-5-4-6-8-15/h4-11,16H,12-13H2,1-3H3/t16-,20+/m0/s1. The Bertz CT molecular complexity index is 726. The summed E-state index contributed by atoms with van der Waals surface area (Å²) in [7, 11) is 2.99. The molecule has 1 saturated heterocycles. The van der Waals surface area contributed by atoms with E-state index in [1.54, 1.807) is 7.11 Å². The number of carbonyl (C=O) groups excluding carboxylic acids is 1. The highest BCUT2D eigenvalue weighted by Crippen LogP contribution is 2.47. The first-order valence-corrected chi connectivity index (χ1v) is 8.03. The van der Waals surface area contributed by atoms with Crippen LogP contribution in [-0.2, 0) is 19.9 Å². The van der Waals surface area contributed by atoms with E-state index in [0.717, 1.165) is 16.7 Å². The van der Waals surface area contributed by atoms with Crippen molar-refractivity contribution >= 4 is 5.97 Å². The van der Waals surface area contributed by atoms with Gasteiger partial charge in [-0.15, -0.1) is 0 Å². The van der Waals surface area contributed by atoms with Crippen LogP contribution in [0.2, 0.25) is 0 Å². The van der Waals surface area contributed by atoms with Gasteiger partial charge in [-0.1, -0.05) is 42.0 Å². The topological polar surface area (TPSA) is 44.8 Å². The summed E-state index contributed by atoms with van der Waals surface area (Å²) >= 11 is 0. The lowest BCUT2D eigenvalue weighted by Gasteiger charge is -2.28. The number of methoxy groups -OCH3 is 2. The first-order chi connectivity index (χ1) is 11.6. The van der Waals surface area contributed by atoms with Gasteiger partial charge in [0.05, 0.1) is 20.8 Å². The van der Waals surface area contributed by atoms with Crippen molar-refractivity contribution in [2.24, 2.45) is 0 Å². The molecule has 0 radical (unpaired) electrons. The predicted molar refractivity (Wildman–Crippen MR) is 91.2 cm³/mol. The number of hydrogen-bond acceptors (Lipinski definition) is 4. The molecule has 1 fully saturated rings. The molecule has 4 nitrogen and oxygen atoms in total. The Kier molecular flexibility index (Phi) is 4.58. The van der Waals surface area contributed by atoms with Gasteiger partial charge in [0.25, 0.3) is 0 Å². The van der Waals surface area contributed by atoms with E-state index in [1.165, 1.54) is 7.11 Å². The van der Waals surface area contributed by atoms with Gasteiger partial charge >= 0.3 is 5.97 Å². The Hall–Kier alpha value is -2.33. The fourth-order valence-corrected chi connectivity index (χ4v) is 3.39. The third-order valence-corrected chi connectivity index (χ3v) is 4.64. The van der Waals surface area contributed by atoms with Crippen LogP contribution < -0.4 is 4.74 Å². The van der Waals surface area contributed by atoms with Crippen molar-refractivity contribution in [3.63, 3.8) is 0 Å². The largest absolute Gasteiger partial charge is 0.496 e. The normalized spacial score (nSPS) is 23.0. The molecule has 0 saturated carbocycles. The minimum atomic E-state index is -1.13. The summed E-state index contributed by atoms with van der Waals surface area (Å²) in [6.07, 6.45) is 0.531. The van der Waals surface area contributed by atoms with Gasteiger partial charge in [-0.3, -0.25) is 0 Å². The molecule has 1 heterocycles. The molecule has 24 heavy (non-hydrogen) atoms. The third-order valence-electron chi connectivity index (χ3n) is 4.64. The van der Waals surface area contributed by atoms with Gasteiger partial charge < -0.3 is 14.2 Å². The number of hydrogen-bond donors (Lipinski definition) is 0. The Balaban J connectivity index is 2.05. The molecule has 3 rings (SSSR count). The maximum absolute atomic E-state index is 12.7. The van der Waals surface area contributed by atoms with Crippen molar-refractivity contribution in [3.8, 4) is 5.75 Å². The Morgan fingerprint density at radius 2 is 1.92 bits per heavy atom. The van der Waals surface area contributed by atoms with Crippen LogP contribution in [0.4, 0.5) is 0 Å². The van der Waals surface area contributed by atoms with Gasteiger partial charge in [0, 0.05) is 17.9 Å². The predicted octanol–water partition coefficient (Wildman–Crippen LogP) is 3.58. The molecule has 0 bridgehead atoms. The Morgan fingerprint density at radius 3 is 2.58 bits per heavy atom. The van der Waals surface area contributed by atoms with Crippen molar-refractivity contribution < 1.29 is 19.0 Å². The molecule has 1 aliphatic rings. The second-order valence-corrected chi connectivity index (χ2v) is 6.15. The lowest BCUT2D eigenvalue weighted by atomic mass is 9.83. The van der Waals surface area contributed by atoms with Gasteiger partial charge in [0.1, 0.15) is 5.75 Å². The molecule has 0 unspecified atom stereocenters. The lowest BCUT2D eigenvalue weighted by Crippen LogP contribution is -2.36. The van der Waals surface area contributed by atoms with E-state index in [1.807, 2.05) is 43.3 Å². The first kappa shape index (κ1) is 16.5. The Labute approximate surface area is 142 Å². The summed E-state index contributed by atoms with van der Waals surface area (Å²) in [5, 5.41) is 0. The van der Waals surface area contributed by atoms with E-state index < -0.39 is 5.60 Å². The molecule has 0 N–H and O–H groups in total. The van der Waals surface area contributed by atoms with E-state index >= 15 is 0 Å². The summed E-state index contributed by atoms with van der Waals surface area (Å²) < 4.78 is 16.7. The number of carbonyl (C=O) groups is 1. The van der Waals surface area contributed by atoms with E-state index in [2.05, 4.69) is 12.1 Å². The van der Waals surface area contributed by atoms with Crippen molar-refractivity contribution in [2.45, 2.75) is 24.9 Å². The minimum Gasteiger partial charge on any atom is -0.496 e. The molecular formula is C20H22O4. The summed E-state index contributed by atoms with van der Waals surface area (Å²) in [6, 6.07) is 15.9. The molecule has 0 spiro atoms. The van der Waals surface area contributed by atoms with Crippen LogP contribution in [0.25, 0.3) is 0 Å². The van der Waals surface area contributed by atoms with Crippen LogP contribution in [0, 0.1) is 6.92 Å². The first-order valence-electron chi connectivity index (χ1n) is 8.03. The molecule has 4 heteroatoms. The number of aryl methyl sites for hydroxylation is 1. The van der Waals surface area contributed by atoms with Crippen LogP contribution in [0.5, 0.6) is 5.75 Å². The summed E-state index contributed by atoms with van der Waals surface area (Å²) in [5.41, 5.74) is 1.80. The highest BCUT2D eigenvalue weighted by atomic mass is 16.6. The maximum atomic E-state index is 12.7. The van der Waals surface area contributed by atoms with Crippen molar-refractivity contribution in [3.05, 3.63) is 65.2 Å². The monoisotopic (exact) mass is 326 g/mol. The smallest absolute Gasteiger partial charge is 0.343 e. The van der Waals surface area contributed by atoms with Crippen LogP contribution in [0.1, 0.15) is 29.0 Å². The quantitative estimate of drug-likeness (QED) is 0.806. The van der Waals surface area contributed by atoms with Crippen molar-refractivity contribution in [1.82, 2.24) is 0 Å². The van der Waals surface area contributed by atoms with Crippen molar-refractivity contribution in [1.29, 1.82) is 0 Å². The molecule has 2 atom stereocenters. The zero-order valence-electron chi connectivity index (χ0n) is 14.2. The van der Waals surface area contributed by atoms with Crippen LogP contribution in [0.15, 0.2) is 48.5 Å². The summed E-state index contributed by atoms with van der Waals surface area (Å²) in [5.74, 6) is 0.389. The number of benzene rings is 2. The Morgan fingerprint density at radius 1 is 1.17 bits per heavy atom. The second kappa shape index (κ2) is 6.65. The fourth-order valence-electron chi connectivity index (χ4n) is 3.39. The molecular weight excluding hydrogens is 304 g/mol. The summed E-state index contributed by atoms with van der Waals surface area (Å²) in [6.45, 7) is 2.45. The average Bonchev–Trinajstić information content (AvgIpc) is 3.08. The maximum Gasteiger partial charge on any atom is 0.343 e. The van der Waals surface area contributed by atoms with Crippen LogP contribution in [-0.4, -0.2) is 26.8 Å². The van der Waals surface area contributed by atoms with E-state index in [0.29, 0.717) is 18.8 Å². The number of ether oxygens (including phenoxy) is 3. The molecule has 2 aromatic carbocycles. The molecule has 0 aromatic heterocycles. The zero-order valence-corrected chi connectivity index (χ0v) is 14.2. The number of rotatable bonds is 4. The molecule has 2 aromatic rings. The van der Waals surface area contributed by atoms with Gasteiger partial charge in [-0.05, 0) is 24.6 Å². The van der Waals surface area contributed by atoms with Gasteiger partial charge in [0.15, 0.2) is 5.60 Å². The van der Waals surface area contributed by atoms with Gasteiger partial charge in [0.2, 0.25) is 0 Å². The zero-order chi connectivity index (χ0) is 17.2. The van der Waals surface area contributed by atoms with Crippen molar-refractivity contribution in [2.75, 3.05) is 20.8 Å². The van der Waals surface area contributed by atoms with Crippen LogP contribution >= 0.6 is 0 Å². The van der Waals surface area contributed by atoms with Gasteiger partial charge in [-0.2, -0.15) is 0 Å². The van der Waals surface area contributed by atoms with Gasteiger partial charge in [-0.25, -0.2) is 4.79 Å². The average molecular weight is 326 g/mol. The number of esters is 1. The van der Waals surface area contributed by atoms with E-state index in [4.69, 9.17) is 14.2 Å². The summed E-state index contributed by atoms with van der Waals surface area (Å²) in [4.78, 5) is 12.7. The third kappa shape index (κ3) is 2.78. The molecule has 0 amide bonds. The molecule has 126 valence electrons. The highest BCUT2D eigenvalue weighted by Gasteiger charge is 2.51. The van der Waals surface area contributed by atoms with E-state index in [-0.39, 0.29) is 11.9 Å². The molecule has 1 aliphatic heterocycles. The van der Waals surface area contributed by atoms with Crippen LogP contribution in [0.3, 0.4) is 0 Å².